The highest BCUT2D eigenvalue weighted by atomic mass is 32.2. The van der Waals surface area contributed by atoms with Gasteiger partial charge in [0.05, 0.1) is 6.61 Å². The van der Waals surface area contributed by atoms with E-state index in [0.29, 0.717) is 6.42 Å². The Labute approximate surface area is 103 Å². The number of aliphatic hydroxyl groups excluding tert-OH is 1. The third kappa shape index (κ3) is 2.05. The zero-order valence-electron chi connectivity index (χ0n) is 7.67. The molecule has 1 aliphatic rings. The topological polar surface area (TPSA) is 60.7 Å². The maximum atomic E-state index is 10.1. The van der Waals surface area contributed by atoms with E-state index < -0.39 is 19.9 Å². The number of rotatable bonds is 3. The van der Waals surface area contributed by atoms with Gasteiger partial charge in [-0.1, -0.05) is 30.4 Å². The van der Waals surface area contributed by atoms with Crippen LogP contribution in [0.2, 0.25) is 0 Å². The van der Waals surface area contributed by atoms with E-state index in [0.717, 1.165) is 23.5 Å². The van der Waals surface area contributed by atoms with Crippen LogP contribution in [-0.4, -0.2) is 41.0 Å². The van der Waals surface area contributed by atoms with Crippen LogP contribution in [0.15, 0.2) is 0 Å². The molecule has 0 aromatic heterocycles. The fourth-order valence-corrected chi connectivity index (χ4v) is 5.76. The highest BCUT2D eigenvalue weighted by Gasteiger charge is 2.61. The maximum absolute atomic E-state index is 10.1. The Balaban J connectivity index is 2.97. The van der Waals surface area contributed by atoms with Crippen LogP contribution >= 0.6 is 48.8 Å². The molecule has 0 aliphatic carbocycles. The lowest BCUT2D eigenvalue weighted by Crippen LogP contribution is -2.46. The molecule has 1 unspecified atom stereocenters. The van der Waals surface area contributed by atoms with Crippen molar-refractivity contribution in [3.63, 3.8) is 0 Å². The third-order valence-corrected chi connectivity index (χ3v) is 7.51. The van der Waals surface area contributed by atoms with Crippen LogP contribution in [0.3, 0.4) is 0 Å². The quantitative estimate of drug-likeness (QED) is 0.492. The summed E-state index contributed by atoms with van der Waals surface area (Å²) in [6.45, 7) is 1.37. The van der Waals surface area contributed by atoms with Crippen molar-refractivity contribution in [3.8, 4) is 0 Å². The summed E-state index contributed by atoms with van der Waals surface area (Å²) in [5.41, 5.74) is 0. The van der Waals surface area contributed by atoms with Gasteiger partial charge in [0.1, 0.15) is 4.08 Å². The zero-order valence-corrected chi connectivity index (χ0v) is 11.1. The molecule has 1 aliphatic heterocycles. The van der Waals surface area contributed by atoms with Crippen molar-refractivity contribution >= 4 is 48.8 Å². The lowest BCUT2D eigenvalue weighted by atomic mass is 10.2. The van der Waals surface area contributed by atoms with E-state index in [1.165, 1.54) is 0 Å². The fourth-order valence-electron chi connectivity index (χ4n) is 1.16. The molecule has 3 N–H and O–H groups in total. The number of thioether (sulfide) groups is 2. The molecule has 7 heteroatoms. The summed E-state index contributed by atoms with van der Waals surface area (Å²) in [6, 6.07) is 0. The smallest absolute Gasteiger partial charge is 0.161 e. The van der Waals surface area contributed by atoms with Gasteiger partial charge in [-0.05, 0) is 6.42 Å². The summed E-state index contributed by atoms with van der Waals surface area (Å²) in [6.07, 6.45) is 0.473. The van der Waals surface area contributed by atoms with Crippen molar-refractivity contribution in [1.82, 2.24) is 0 Å². The Morgan fingerprint density at radius 2 is 1.86 bits per heavy atom. The molecule has 0 aromatic carbocycles. The van der Waals surface area contributed by atoms with Crippen LogP contribution in [0.5, 0.6) is 0 Å². The average molecular weight is 274 g/mol. The SMILES string of the molecule is CCC1(O)S[C@](S)(CS)[C@](O)(CO)S1. The molecule has 0 radical (unpaired) electrons. The van der Waals surface area contributed by atoms with Crippen molar-refractivity contribution in [3.05, 3.63) is 0 Å². The Morgan fingerprint density at radius 3 is 2.14 bits per heavy atom. The lowest BCUT2D eigenvalue weighted by molar-refractivity contribution is 0.0612. The molecule has 84 valence electrons. The monoisotopic (exact) mass is 274 g/mol. The van der Waals surface area contributed by atoms with Gasteiger partial charge in [-0.2, -0.15) is 25.3 Å². The second-order valence-electron chi connectivity index (χ2n) is 3.16. The minimum absolute atomic E-state index is 0.271. The zero-order chi connectivity index (χ0) is 11.0. The van der Waals surface area contributed by atoms with Gasteiger partial charge in [-0.15, -0.1) is 0 Å². The van der Waals surface area contributed by atoms with Crippen LogP contribution in [0.25, 0.3) is 0 Å². The Hall–Kier alpha value is 1.28. The first-order chi connectivity index (χ1) is 6.35. The first-order valence-corrected chi connectivity index (χ1v) is 6.85. The van der Waals surface area contributed by atoms with E-state index in [4.69, 9.17) is 5.11 Å². The van der Waals surface area contributed by atoms with Gasteiger partial charge >= 0.3 is 0 Å². The van der Waals surface area contributed by atoms with Gasteiger partial charge in [0, 0.05) is 5.75 Å². The van der Waals surface area contributed by atoms with E-state index in [1.807, 2.05) is 6.92 Å². The van der Waals surface area contributed by atoms with Crippen molar-refractivity contribution in [2.24, 2.45) is 0 Å². The lowest BCUT2D eigenvalue weighted by Gasteiger charge is -2.33. The van der Waals surface area contributed by atoms with Crippen molar-refractivity contribution in [1.29, 1.82) is 0 Å². The maximum Gasteiger partial charge on any atom is 0.161 e. The van der Waals surface area contributed by atoms with Crippen LogP contribution < -0.4 is 0 Å². The third-order valence-electron chi connectivity index (χ3n) is 2.14. The van der Waals surface area contributed by atoms with Crippen LogP contribution in [0.4, 0.5) is 0 Å². The summed E-state index contributed by atoms with van der Waals surface area (Å²) in [7, 11) is 0. The molecule has 1 rings (SSSR count). The molecular weight excluding hydrogens is 260 g/mol. The van der Waals surface area contributed by atoms with Gasteiger partial charge in [-0.3, -0.25) is 0 Å². The summed E-state index contributed by atoms with van der Waals surface area (Å²) >= 11 is 10.5. The second kappa shape index (κ2) is 4.27. The van der Waals surface area contributed by atoms with Gasteiger partial charge < -0.3 is 15.3 Å². The molecule has 0 saturated carbocycles. The second-order valence-corrected chi connectivity index (χ2v) is 7.93. The highest BCUT2D eigenvalue weighted by Crippen LogP contribution is 2.64. The molecule has 3 atom stereocenters. The molecule has 1 fully saturated rings. The van der Waals surface area contributed by atoms with E-state index >= 15 is 0 Å². The van der Waals surface area contributed by atoms with Crippen molar-refractivity contribution in [2.75, 3.05) is 12.4 Å². The Kier molecular flexibility index (Phi) is 4.07. The molecule has 1 saturated heterocycles. The summed E-state index contributed by atoms with van der Waals surface area (Å²) in [4.78, 5) is -1.45. The molecule has 0 bridgehead atoms. The van der Waals surface area contributed by atoms with Gasteiger partial charge in [-0.25, -0.2) is 0 Å². The van der Waals surface area contributed by atoms with Gasteiger partial charge in [0.2, 0.25) is 0 Å². The summed E-state index contributed by atoms with van der Waals surface area (Å²) < 4.78 is -2.03. The molecule has 3 nitrogen and oxygen atoms in total. The molecular formula is C7H14O3S4. The molecule has 0 amide bonds. The van der Waals surface area contributed by atoms with Crippen LogP contribution in [-0.2, 0) is 0 Å². The number of thiol groups is 2. The Bertz CT molecular complexity index is 209. The average Bonchev–Trinajstić information content (AvgIpc) is 2.37. The van der Waals surface area contributed by atoms with Crippen molar-refractivity contribution in [2.45, 2.75) is 26.6 Å². The Morgan fingerprint density at radius 1 is 1.29 bits per heavy atom. The van der Waals surface area contributed by atoms with Gasteiger partial charge in [0.25, 0.3) is 0 Å². The standard InChI is InChI=1S/C7H14O3S4/c1-2-7(10)13-5(9,3-8)6(12,4-11)14-7/h8-12H,2-4H2,1H3/t5-,6+,7?/m0/s1. The van der Waals surface area contributed by atoms with E-state index in [-0.39, 0.29) is 5.75 Å². The van der Waals surface area contributed by atoms with Crippen LogP contribution in [0.1, 0.15) is 13.3 Å². The van der Waals surface area contributed by atoms with Crippen LogP contribution in [0, 0.1) is 0 Å². The molecule has 14 heavy (non-hydrogen) atoms. The number of hydrogen-bond donors (Lipinski definition) is 5. The molecule has 0 aromatic rings. The van der Waals surface area contributed by atoms with Crippen molar-refractivity contribution < 1.29 is 15.3 Å². The van der Waals surface area contributed by atoms with Gasteiger partial charge in [0.15, 0.2) is 9.20 Å². The minimum atomic E-state index is -1.45. The largest absolute Gasteiger partial charge is 0.392 e. The summed E-state index contributed by atoms with van der Waals surface area (Å²) in [5.74, 6) is 0.271. The number of hydrogen-bond acceptors (Lipinski definition) is 7. The van der Waals surface area contributed by atoms with E-state index in [2.05, 4.69) is 25.3 Å². The van der Waals surface area contributed by atoms with E-state index in [9.17, 15) is 10.2 Å². The first-order valence-electron chi connectivity index (χ1n) is 4.14. The number of aliphatic hydroxyl groups is 3. The molecule has 1 heterocycles. The normalized spacial score (nSPS) is 48.4. The first kappa shape index (κ1) is 13.3. The predicted octanol–water partition coefficient (Wildman–Crippen LogP) is 0.759. The predicted molar refractivity (Wildman–Crippen MR) is 68.0 cm³/mol. The summed E-state index contributed by atoms with van der Waals surface area (Å²) in [5, 5.41) is 29.2. The fraction of sp³-hybridized carbons (Fsp3) is 1.00. The molecule has 0 spiro atoms. The highest BCUT2D eigenvalue weighted by molar-refractivity contribution is 8.27. The minimum Gasteiger partial charge on any atom is -0.392 e. The van der Waals surface area contributed by atoms with E-state index in [1.54, 1.807) is 0 Å².